The van der Waals surface area contributed by atoms with E-state index >= 15 is 0 Å². The molecule has 1 unspecified atom stereocenters. The summed E-state index contributed by atoms with van der Waals surface area (Å²) in [5, 5.41) is 9.22. The van der Waals surface area contributed by atoms with Gasteiger partial charge in [-0.3, -0.25) is 9.48 Å². The quantitative estimate of drug-likeness (QED) is 0.745. The molecule has 1 amide bonds. The third kappa shape index (κ3) is 3.42. The maximum atomic E-state index is 12.6. The number of anilines is 1. The van der Waals surface area contributed by atoms with E-state index in [1.54, 1.807) is 22.9 Å². The molecular formula is C18H17N3O3S2. The second-order valence-corrected chi connectivity index (χ2v) is 9.39. The first-order valence-corrected chi connectivity index (χ1v) is 10.9. The Hall–Kier alpha value is -2.45. The van der Waals surface area contributed by atoms with Gasteiger partial charge >= 0.3 is 0 Å². The summed E-state index contributed by atoms with van der Waals surface area (Å²) in [6.07, 6.45) is 0.516. The number of nitrogens with zero attached hydrogens (tertiary/aromatic N) is 2. The second kappa shape index (κ2) is 6.69. The molecule has 26 heavy (non-hydrogen) atoms. The van der Waals surface area contributed by atoms with E-state index in [4.69, 9.17) is 0 Å². The zero-order valence-corrected chi connectivity index (χ0v) is 15.5. The molecular weight excluding hydrogens is 370 g/mol. The van der Waals surface area contributed by atoms with Gasteiger partial charge in [-0.25, -0.2) is 8.42 Å². The van der Waals surface area contributed by atoms with Crippen molar-refractivity contribution < 1.29 is 13.2 Å². The molecule has 4 rings (SSSR count). The summed E-state index contributed by atoms with van der Waals surface area (Å²) in [5.41, 5.74) is 1.75. The molecule has 1 aliphatic heterocycles. The molecule has 1 atom stereocenters. The highest BCUT2D eigenvalue weighted by molar-refractivity contribution is 7.91. The fourth-order valence-electron chi connectivity index (χ4n) is 3.08. The number of hydrogen-bond acceptors (Lipinski definition) is 5. The SMILES string of the molecule is O=C(Nc1ccccc1)c1cc(-c2cccs2)n(C2CCS(=O)(=O)C2)n1. The molecule has 0 bridgehead atoms. The average Bonchev–Trinajstić information content (AvgIpc) is 3.33. The van der Waals surface area contributed by atoms with Gasteiger partial charge in [0.2, 0.25) is 0 Å². The van der Waals surface area contributed by atoms with Gasteiger partial charge in [0.25, 0.3) is 5.91 Å². The molecule has 0 aliphatic carbocycles. The van der Waals surface area contributed by atoms with Crippen molar-refractivity contribution in [2.45, 2.75) is 12.5 Å². The number of rotatable bonds is 4. The molecule has 6 nitrogen and oxygen atoms in total. The van der Waals surface area contributed by atoms with Crippen LogP contribution in [0.4, 0.5) is 5.69 Å². The molecule has 3 aromatic rings. The Bertz CT molecular complexity index is 1030. The van der Waals surface area contributed by atoms with Crippen LogP contribution in [0.15, 0.2) is 53.9 Å². The molecule has 8 heteroatoms. The minimum atomic E-state index is -3.05. The zero-order valence-electron chi connectivity index (χ0n) is 13.8. The summed E-state index contributed by atoms with van der Waals surface area (Å²) in [6, 6.07) is 14.5. The van der Waals surface area contributed by atoms with Crippen LogP contribution < -0.4 is 5.32 Å². The second-order valence-electron chi connectivity index (χ2n) is 6.21. The van der Waals surface area contributed by atoms with E-state index in [9.17, 15) is 13.2 Å². The van der Waals surface area contributed by atoms with Crippen molar-refractivity contribution in [2.24, 2.45) is 0 Å². The maximum absolute atomic E-state index is 12.6. The molecule has 134 valence electrons. The first-order valence-electron chi connectivity index (χ1n) is 8.22. The van der Waals surface area contributed by atoms with E-state index in [1.165, 1.54) is 11.3 Å². The van der Waals surface area contributed by atoms with Gasteiger partial charge in [0.1, 0.15) is 0 Å². The fraction of sp³-hybridized carbons (Fsp3) is 0.222. The van der Waals surface area contributed by atoms with Gasteiger partial charge in [0.05, 0.1) is 28.1 Å². The van der Waals surface area contributed by atoms with Gasteiger partial charge in [0.15, 0.2) is 15.5 Å². The predicted molar refractivity (Wildman–Crippen MR) is 102 cm³/mol. The lowest BCUT2D eigenvalue weighted by atomic mass is 10.2. The van der Waals surface area contributed by atoms with Crippen LogP contribution in [0.25, 0.3) is 10.6 Å². The standard InChI is InChI=1S/C18H17N3O3S2/c22-18(19-13-5-2-1-3-6-13)15-11-16(17-7-4-9-25-17)21(20-15)14-8-10-26(23,24)12-14/h1-7,9,11,14H,8,10,12H2,(H,19,22). The number of aromatic nitrogens is 2. The number of para-hydroxylation sites is 1. The van der Waals surface area contributed by atoms with Crippen LogP contribution in [0.2, 0.25) is 0 Å². The number of amides is 1. The van der Waals surface area contributed by atoms with Crippen LogP contribution in [0, 0.1) is 0 Å². The zero-order chi connectivity index (χ0) is 18.1. The van der Waals surface area contributed by atoms with Crippen LogP contribution in [0.1, 0.15) is 23.0 Å². The molecule has 0 saturated carbocycles. The molecule has 0 spiro atoms. The first kappa shape index (κ1) is 17.0. The lowest BCUT2D eigenvalue weighted by Gasteiger charge is -2.12. The van der Waals surface area contributed by atoms with Crippen LogP contribution in [0.3, 0.4) is 0 Å². The Morgan fingerprint density at radius 3 is 2.65 bits per heavy atom. The summed E-state index contributed by atoms with van der Waals surface area (Å²) in [6.45, 7) is 0. The maximum Gasteiger partial charge on any atom is 0.276 e. The van der Waals surface area contributed by atoms with E-state index in [2.05, 4.69) is 10.4 Å². The number of carbonyl (C=O) groups excluding carboxylic acids is 1. The highest BCUT2D eigenvalue weighted by Crippen LogP contribution is 2.32. The van der Waals surface area contributed by atoms with Gasteiger partial charge < -0.3 is 5.32 Å². The van der Waals surface area contributed by atoms with Gasteiger partial charge in [-0.1, -0.05) is 24.3 Å². The highest BCUT2D eigenvalue weighted by atomic mass is 32.2. The Morgan fingerprint density at radius 1 is 1.19 bits per heavy atom. The third-order valence-electron chi connectivity index (χ3n) is 4.33. The molecule has 0 radical (unpaired) electrons. The van der Waals surface area contributed by atoms with E-state index < -0.39 is 9.84 Å². The number of sulfone groups is 1. The van der Waals surface area contributed by atoms with E-state index in [-0.39, 0.29) is 29.1 Å². The van der Waals surface area contributed by atoms with Gasteiger partial charge in [0, 0.05) is 5.69 Å². The number of carbonyl (C=O) groups is 1. The van der Waals surface area contributed by atoms with Gasteiger partial charge in [-0.2, -0.15) is 5.10 Å². The number of thiophene rings is 1. The Balaban J connectivity index is 1.68. The van der Waals surface area contributed by atoms with Crippen molar-refractivity contribution >= 4 is 32.8 Å². The lowest BCUT2D eigenvalue weighted by Crippen LogP contribution is -2.16. The minimum absolute atomic E-state index is 0.0623. The van der Waals surface area contributed by atoms with Crippen molar-refractivity contribution in [2.75, 3.05) is 16.8 Å². The molecule has 2 aromatic heterocycles. The predicted octanol–water partition coefficient (Wildman–Crippen LogP) is 3.22. The summed E-state index contributed by atoms with van der Waals surface area (Å²) >= 11 is 1.54. The van der Waals surface area contributed by atoms with Crippen molar-refractivity contribution in [3.8, 4) is 10.6 Å². The molecule has 1 N–H and O–H groups in total. The van der Waals surface area contributed by atoms with Gasteiger partial charge in [-0.05, 0) is 36.1 Å². The molecule has 1 fully saturated rings. The van der Waals surface area contributed by atoms with Crippen LogP contribution in [-0.2, 0) is 9.84 Å². The van der Waals surface area contributed by atoms with Gasteiger partial charge in [-0.15, -0.1) is 11.3 Å². The fourth-order valence-corrected chi connectivity index (χ4v) is 5.50. The Morgan fingerprint density at radius 2 is 2.00 bits per heavy atom. The van der Waals surface area contributed by atoms with Crippen LogP contribution in [0.5, 0.6) is 0 Å². The van der Waals surface area contributed by atoms with Crippen molar-refractivity contribution in [3.63, 3.8) is 0 Å². The monoisotopic (exact) mass is 387 g/mol. The number of hydrogen-bond donors (Lipinski definition) is 1. The summed E-state index contributed by atoms with van der Waals surface area (Å²) in [5.74, 6) is -0.0895. The van der Waals surface area contributed by atoms with E-state index in [0.29, 0.717) is 12.1 Å². The third-order valence-corrected chi connectivity index (χ3v) is 6.97. The Labute approximate surface area is 155 Å². The smallest absolute Gasteiger partial charge is 0.276 e. The minimum Gasteiger partial charge on any atom is -0.321 e. The molecule has 1 aromatic carbocycles. The molecule has 1 saturated heterocycles. The summed E-state index contributed by atoms with van der Waals surface area (Å²) in [7, 11) is -3.05. The van der Waals surface area contributed by atoms with Crippen LogP contribution in [-0.4, -0.2) is 35.6 Å². The topological polar surface area (TPSA) is 81.1 Å². The van der Waals surface area contributed by atoms with E-state index in [1.807, 2.05) is 35.7 Å². The lowest BCUT2D eigenvalue weighted by molar-refractivity contribution is 0.102. The Kier molecular flexibility index (Phi) is 4.37. The van der Waals surface area contributed by atoms with E-state index in [0.717, 1.165) is 10.6 Å². The summed E-state index contributed by atoms with van der Waals surface area (Å²) in [4.78, 5) is 13.5. The first-order chi connectivity index (χ1) is 12.5. The van der Waals surface area contributed by atoms with Crippen molar-refractivity contribution in [3.05, 3.63) is 59.6 Å². The largest absolute Gasteiger partial charge is 0.321 e. The van der Waals surface area contributed by atoms with Crippen molar-refractivity contribution in [1.29, 1.82) is 0 Å². The van der Waals surface area contributed by atoms with Crippen LogP contribution >= 0.6 is 11.3 Å². The average molecular weight is 387 g/mol. The molecule has 3 heterocycles. The number of nitrogens with one attached hydrogen (secondary N) is 1. The highest BCUT2D eigenvalue weighted by Gasteiger charge is 2.32. The number of benzene rings is 1. The molecule has 1 aliphatic rings. The normalized spacial score (nSPS) is 18.7. The summed E-state index contributed by atoms with van der Waals surface area (Å²) < 4.78 is 25.5. The van der Waals surface area contributed by atoms with Crippen molar-refractivity contribution in [1.82, 2.24) is 9.78 Å².